The van der Waals surface area contributed by atoms with Crippen LogP contribution in [0.25, 0.3) is 11.1 Å². The van der Waals surface area contributed by atoms with E-state index in [1.165, 1.54) is 16.7 Å². The molecule has 2 aromatic rings. The first kappa shape index (κ1) is 15.1. The summed E-state index contributed by atoms with van der Waals surface area (Å²) in [5, 5.41) is 0. The predicted molar refractivity (Wildman–Crippen MR) is 89.4 cm³/mol. The second kappa shape index (κ2) is 7.43. The largest absolute Gasteiger partial charge is 0.497 e. The van der Waals surface area contributed by atoms with E-state index in [1.807, 2.05) is 12.1 Å². The summed E-state index contributed by atoms with van der Waals surface area (Å²) in [6.07, 6.45) is 1.10. The monoisotopic (exact) mass is 297 g/mol. The summed E-state index contributed by atoms with van der Waals surface area (Å²) in [6.45, 7) is 4.97. The molecule has 0 unspecified atom stereocenters. The van der Waals surface area contributed by atoms with Gasteiger partial charge in [-0.15, -0.1) is 0 Å². The van der Waals surface area contributed by atoms with Crippen LogP contribution in [0, 0.1) is 0 Å². The van der Waals surface area contributed by atoms with Crippen LogP contribution in [-0.2, 0) is 11.2 Å². The molecule has 0 amide bonds. The summed E-state index contributed by atoms with van der Waals surface area (Å²) in [6, 6.07) is 17.0. The zero-order valence-electron chi connectivity index (χ0n) is 13.1. The van der Waals surface area contributed by atoms with E-state index in [0.29, 0.717) is 0 Å². The Hall–Kier alpha value is -1.84. The van der Waals surface area contributed by atoms with Crippen molar-refractivity contribution >= 4 is 0 Å². The fraction of sp³-hybridized carbons (Fsp3) is 0.368. The number of methoxy groups -OCH3 is 1. The zero-order chi connectivity index (χ0) is 15.2. The third kappa shape index (κ3) is 3.87. The van der Waals surface area contributed by atoms with Crippen molar-refractivity contribution in [2.45, 2.75) is 6.42 Å². The van der Waals surface area contributed by atoms with Gasteiger partial charge in [0.2, 0.25) is 0 Å². The van der Waals surface area contributed by atoms with Crippen molar-refractivity contribution < 1.29 is 9.47 Å². The Morgan fingerprint density at radius 3 is 2.50 bits per heavy atom. The van der Waals surface area contributed by atoms with E-state index in [1.54, 1.807) is 7.11 Å². The Labute approximate surface area is 132 Å². The van der Waals surface area contributed by atoms with E-state index >= 15 is 0 Å². The van der Waals surface area contributed by atoms with Crippen LogP contribution >= 0.6 is 0 Å². The molecule has 0 aromatic heterocycles. The van der Waals surface area contributed by atoms with E-state index in [-0.39, 0.29) is 0 Å². The van der Waals surface area contributed by atoms with Crippen LogP contribution < -0.4 is 4.74 Å². The normalized spacial score (nSPS) is 15.7. The van der Waals surface area contributed by atoms with E-state index in [4.69, 9.17) is 9.47 Å². The lowest BCUT2D eigenvalue weighted by Crippen LogP contribution is -2.37. The average molecular weight is 297 g/mol. The minimum Gasteiger partial charge on any atom is -0.497 e. The average Bonchev–Trinajstić information content (AvgIpc) is 2.61. The van der Waals surface area contributed by atoms with Gasteiger partial charge in [-0.3, -0.25) is 4.90 Å². The van der Waals surface area contributed by atoms with Gasteiger partial charge in [-0.1, -0.05) is 36.4 Å². The van der Waals surface area contributed by atoms with Gasteiger partial charge in [0.15, 0.2) is 0 Å². The molecule has 0 saturated carbocycles. The molecule has 116 valence electrons. The minimum absolute atomic E-state index is 0.870. The second-order valence-corrected chi connectivity index (χ2v) is 5.63. The van der Waals surface area contributed by atoms with E-state index in [2.05, 4.69) is 41.3 Å². The molecule has 0 radical (unpaired) electrons. The highest BCUT2D eigenvalue weighted by atomic mass is 16.5. The van der Waals surface area contributed by atoms with Crippen molar-refractivity contribution in [3.63, 3.8) is 0 Å². The van der Waals surface area contributed by atoms with E-state index in [0.717, 1.165) is 45.0 Å². The SMILES string of the molecule is COc1cccc(-c2ccc(CCN3CCOCC3)cc2)c1. The van der Waals surface area contributed by atoms with Gasteiger partial charge in [-0.05, 0) is 35.2 Å². The van der Waals surface area contributed by atoms with Crippen LogP contribution in [0.2, 0.25) is 0 Å². The third-order valence-electron chi connectivity index (χ3n) is 4.18. The molecule has 1 fully saturated rings. The number of nitrogens with zero attached hydrogens (tertiary/aromatic N) is 1. The molecule has 0 N–H and O–H groups in total. The zero-order valence-corrected chi connectivity index (χ0v) is 13.1. The molecule has 22 heavy (non-hydrogen) atoms. The summed E-state index contributed by atoms with van der Waals surface area (Å²) in [5.74, 6) is 0.897. The van der Waals surface area contributed by atoms with Gasteiger partial charge >= 0.3 is 0 Å². The molecule has 2 aromatic carbocycles. The quantitative estimate of drug-likeness (QED) is 0.845. The Balaban J connectivity index is 1.61. The van der Waals surface area contributed by atoms with Gasteiger partial charge in [-0.2, -0.15) is 0 Å². The van der Waals surface area contributed by atoms with Crippen LogP contribution in [-0.4, -0.2) is 44.9 Å². The van der Waals surface area contributed by atoms with Gasteiger partial charge in [0, 0.05) is 19.6 Å². The van der Waals surface area contributed by atoms with Crippen molar-refractivity contribution in [1.82, 2.24) is 4.90 Å². The summed E-state index contributed by atoms with van der Waals surface area (Å²) in [5.41, 5.74) is 3.81. The molecule has 0 aliphatic carbocycles. The van der Waals surface area contributed by atoms with E-state index in [9.17, 15) is 0 Å². The standard InChI is InChI=1S/C19H23NO2/c1-21-19-4-2-3-18(15-19)17-7-5-16(6-8-17)9-10-20-11-13-22-14-12-20/h2-8,15H,9-14H2,1H3. The molecule has 1 aliphatic rings. The predicted octanol–water partition coefficient (Wildman–Crippen LogP) is 3.24. The fourth-order valence-electron chi connectivity index (χ4n) is 2.78. The van der Waals surface area contributed by atoms with Crippen molar-refractivity contribution in [3.05, 3.63) is 54.1 Å². The van der Waals surface area contributed by atoms with Gasteiger partial charge in [0.05, 0.1) is 20.3 Å². The molecule has 1 heterocycles. The van der Waals surface area contributed by atoms with Crippen LogP contribution in [0.5, 0.6) is 5.75 Å². The van der Waals surface area contributed by atoms with Crippen molar-refractivity contribution in [1.29, 1.82) is 0 Å². The van der Waals surface area contributed by atoms with Gasteiger partial charge < -0.3 is 9.47 Å². The lowest BCUT2D eigenvalue weighted by Gasteiger charge is -2.26. The molecular formula is C19H23NO2. The summed E-state index contributed by atoms with van der Waals surface area (Å²) >= 11 is 0. The topological polar surface area (TPSA) is 21.7 Å². The lowest BCUT2D eigenvalue weighted by atomic mass is 10.0. The van der Waals surface area contributed by atoms with Crippen LogP contribution in [0.15, 0.2) is 48.5 Å². The second-order valence-electron chi connectivity index (χ2n) is 5.63. The maximum atomic E-state index is 5.38. The number of hydrogen-bond acceptors (Lipinski definition) is 3. The highest BCUT2D eigenvalue weighted by molar-refractivity contribution is 5.65. The number of benzene rings is 2. The lowest BCUT2D eigenvalue weighted by molar-refractivity contribution is 0.0384. The molecule has 1 aliphatic heterocycles. The number of ether oxygens (including phenoxy) is 2. The number of hydrogen-bond donors (Lipinski definition) is 0. The Bertz CT molecular complexity index is 589. The van der Waals surface area contributed by atoms with Gasteiger partial charge in [-0.25, -0.2) is 0 Å². The fourth-order valence-corrected chi connectivity index (χ4v) is 2.78. The van der Waals surface area contributed by atoms with Gasteiger partial charge in [0.25, 0.3) is 0 Å². The molecule has 0 spiro atoms. The molecule has 3 rings (SSSR count). The first-order valence-electron chi connectivity index (χ1n) is 7.88. The number of rotatable bonds is 5. The van der Waals surface area contributed by atoms with Crippen molar-refractivity contribution in [3.8, 4) is 16.9 Å². The van der Waals surface area contributed by atoms with E-state index < -0.39 is 0 Å². The molecule has 0 bridgehead atoms. The maximum absolute atomic E-state index is 5.38. The Kier molecular flexibility index (Phi) is 5.09. The van der Waals surface area contributed by atoms with Crippen molar-refractivity contribution in [2.75, 3.05) is 40.0 Å². The Morgan fingerprint density at radius 2 is 1.77 bits per heavy atom. The summed E-state index contributed by atoms with van der Waals surface area (Å²) < 4.78 is 10.7. The molecule has 0 atom stereocenters. The highest BCUT2D eigenvalue weighted by Crippen LogP contribution is 2.24. The summed E-state index contributed by atoms with van der Waals surface area (Å²) in [7, 11) is 1.70. The number of morpholine rings is 1. The van der Waals surface area contributed by atoms with Crippen LogP contribution in [0.4, 0.5) is 0 Å². The molecular weight excluding hydrogens is 274 g/mol. The minimum atomic E-state index is 0.870. The highest BCUT2D eigenvalue weighted by Gasteiger charge is 2.09. The first-order chi connectivity index (χ1) is 10.8. The first-order valence-corrected chi connectivity index (χ1v) is 7.88. The van der Waals surface area contributed by atoms with Crippen LogP contribution in [0.3, 0.4) is 0 Å². The molecule has 3 heteroatoms. The van der Waals surface area contributed by atoms with Crippen molar-refractivity contribution in [2.24, 2.45) is 0 Å². The molecule has 1 saturated heterocycles. The van der Waals surface area contributed by atoms with Crippen LogP contribution in [0.1, 0.15) is 5.56 Å². The van der Waals surface area contributed by atoms with Gasteiger partial charge in [0.1, 0.15) is 5.75 Å². The Morgan fingerprint density at radius 1 is 1.00 bits per heavy atom. The smallest absolute Gasteiger partial charge is 0.119 e. The third-order valence-corrected chi connectivity index (χ3v) is 4.18. The molecule has 3 nitrogen and oxygen atoms in total. The maximum Gasteiger partial charge on any atom is 0.119 e. The summed E-state index contributed by atoms with van der Waals surface area (Å²) in [4.78, 5) is 2.47.